The zero-order valence-corrected chi connectivity index (χ0v) is 10.7. The lowest BCUT2D eigenvalue weighted by atomic mass is 9.92. The van der Waals surface area contributed by atoms with Gasteiger partial charge in [0.2, 0.25) is 0 Å². The van der Waals surface area contributed by atoms with Crippen molar-refractivity contribution in [3.8, 4) is 0 Å². The first kappa shape index (κ1) is 12.1. The molecule has 1 aliphatic carbocycles. The minimum Gasteiger partial charge on any atom is -0.370 e. The molecule has 2 aliphatic rings. The summed E-state index contributed by atoms with van der Waals surface area (Å²) in [5.41, 5.74) is 0. The van der Waals surface area contributed by atoms with Gasteiger partial charge in [-0.15, -0.1) is 10.2 Å². The second kappa shape index (κ2) is 4.95. The molecule has 1 saturated heterocycles. The van der Waals surface area contributed by atoms with E-state index in [2.05, 4.69) is 10.2 Å². The third-order valence-electron chi connectivity index (χ3n) is 3.76. The van der Waals surface area contributed by atoms with Crippen molar-refractivity contribution in [2.45, 2.75) is 44.2 Å². The van der Waals surface area contributed by atoms with Crippen molar-refractivity contribution in [3.63, 3.8) is 0 Å². The van der Waals surface area contributed by atoms with E-state index < -0.39 is 0 Å². The van der Waals surface area contributed by atoms with Crippen molar-refractivity contribution in [2.24, 2.45) is 7.05 Å². The molecule has 1 aromatic rings. The van der Waals surface area contributed by atoms with E-state index in [0.717, 1.165) is 44.7 Å². The highest BCUT2D eigenvalue weighted by Crippen LogP contribution is 2.36. The number of nitrogens with zero attached hydrogens (tertiary/aromatic N) is 3. The molecule has 18 heavy (non-hydrogen) atoms. The van der Waals surface area contributed by atoms with Crippen LogP contribution in [-0.4, -0.2) is 39.9 Å². The predicted octanol–water partition coefficient (Wildman–Crippen LogP) is 1.02. The van der Waals surface area contributed by atoms with Gasteiger partial charge in [-0.2, -0.15) is 0 Å². The van der Waals surface area contributed by atoms with Gasteiger partial charge in [-0.05, 0) is 12.8 Å². The number of aryl methyl sites for hydroxylation is 1. The maximum atomic E-state index is 5.88. The third kappa shape index (κ3) is 2.41. The SMILES string of the molecule is Cn1cnnc1COC1CCC2(CC1)OCCO2. The second-order valence-corrected chi connectivity index (χ2v) is 4.98. The highest BCUT2D eigenvalue weighted by molar-refractivity contribution is 4.85. The second-order valence-electron chi connectivity index (χ2n) is 4.98. The monoisotopic (exact) mass is 253 g/mol. The van der Waals surface area contributed by atoms with Crippen LogP contribution in [-0.2, 0) is 27.9 Å². The Morgan fingerprint density at radius 1 is 1.39 bits per heavy atom. The summed E-state index contributed by atoms with van der Waals surface area (Å²) in [7, 11) is 1.93. The van der Waals surface area contributed by atoms with Crippen LogP contribution in [0.25, 0.3) is 0 Å². The molecule has 0 aromatic carbocycles. The minimum absolute atomic E-state index is 0.278. The van der Waals surface area contributed by atoms with Crippen LogP contribution in [0.15, 0.2) is 6.33 Å². The molecule has 6 nitrogen and oxygen atoms in total. The minimum atomic E-state index is -0.301. The van der Waals surface area contributed by atoms with Crippen LogP contribution in [0, 0.1) is 0 Å². The van der Waals surface area contributed by atoms with Crippen molar-refractivity contribution >= 4 is 0 Å². The van der Waals surface area contributed by atoms with Crippen molar-refractivity contribution in [1.29, 1.82) is 0 Å². The van der Waals surface area contributed by atoms with E-state index >= 15 is 0 Å². The van der Waals surface area contributed by atoms with E-state index in [1.54, 1.807) is 6.33 Å². The normalized spacial score (nSPS) is 23.8. The molecule has 0 bridgehead atoms. The molecule has 0 N–H and O–H groups in total. The first-order valence-electron chi connectivity index (χ1n) is 6.50. The lowest BCUT2D eigenvalue weighted by molar-refractivity contribution is -0.192. The summed E-state index contributed by atoms with van der Waals surface area (Å²) in [5.74, 6) is 0.564. The molecule has 1 aliphatic heterocycles. The number of hydrogen-bond donors (Lipinski definition) is 0. The molecule has 100 valence electrons. The zero-order chi connectivity index (χ0) is 12.4. The molecule has 0 amide bonds. The Balaban J connectivity index is 1.47. The molecular formula is C12H19N3O3. The van der Waals surface area contributed by atoms with Gasteiger partial charge < -0.3 is 18.8 Å². The Morgan fingerprint density at radius 2 is 2.11 bits per heavy atom. The van der Waals surface area contributed by atoms with E-state index in [1.807, 2.05) is 11.6 Å². The smallest absolute Gasteiger partial charge is 0.168 e. The van der Waals surface area contributed by atoms with Gasteiger partial charge in [-0.3, -0.25) is 0 Å². The Hall–Kier alpha value is -0.980. The molecule has 2 fully saturated rings. The first-order chi connectivity index (χ1) is 8.77. The topological polar surface area (TPSA) is 58.4 Å². The Bertz CT molecular complexity index is 391. The van der Waals surface area contributed by atoms with E-state index in [4.69, 9.17) is 14.2 Å². The summed E-state index contributed by atoms with van der Waals surface area (Å²) >= 11 is 0. The third-order valence-corrected chi connectivity index (χ3v) is 3.76. The summed E-state index contributed by atoms with van der Waals surface area (Å²) < 4.78 is 19.1. The number of rotatable bonds is 3. The van der Waals surface area contributed by atoms with Gasteiger partial charge in [0, 0.05) is 19.9 Å². The van der Waals surface area contributed by atoms with Gasteiger partial charge in [-0.25, -0.2) is 0 Å². The van der Waals surface area contributed by atoms with Crippen molar-refractivity contribution in [2.75, 3.05) is 13.2 Å². The highest BCUT2D eigenvalue weighted by Gasteiger charge is 2.40. The van der Waals surface area contributed by atoms with Gasteiger partial charge >= 0.3 is 0 Å². The standard InChI is InChI=1S/C12H19N3O3/c1-15-9-13-14-11(15)8-16-10-2-4-12(5-3-10)17-6-7-18-12/h9-10H,2-8H2,1H3. The number of aromatic nitrogens is 3. The predicted molar refractivity (Wildman–Crippen MR) is 62.7 cm³/mol. The van der Waals surface area contributed by atoms with Crippen LogP contribution in [0.1, 0.15) is 31.5 Å². The van der Waals surface area contributed by atoms with Crippen LogP contribution in [0.3, 0.4) is 0 Å². The Kier molecular flexibility index (Phi) is 3.32. The summed E-state index contributed by atoms with van der Waals surface area (Å²) in [4.78, 5) is 0. The van der Waals surface area contributed by atoms with Crippen molar-refractivity contribution in [1.82, 2.24) is 14.8 Å². The molecule has 2 heterocycles. The average molecular weight is 253 g/mol. The van der Waals surface area contributed by atoms with Crippen LogP contribution >= 0.6 is 0 Å². The fourth-order valence-corrected chi connectivity index (χ4v) is 2.61. The lowest BCUT2D eigenvalue weighted by Gasteiger charge is -2.35. The van der Waals surface area contributed by atoms with Crippen LogP contribution in [0.5, 0.6) is 0 Å². The van der Waals surface area contributed by atoms with E-state index in [1.165, 1.54) is 0 Å². The van der Waals surface area contributed by atoms with E-state index in [9.17, 15) is 0 Å². The highest BCUT2D eigenvalue weighted by atomic mass is 16.7. The molecule has 1 aromatic heterocycles. The molecule has 1 spiro atoms. The Labute approximate surface area is 106 Å². The summed E-state index contributed by atoms with van der Waals surface area (Å²) in [6.45, 7) is 1.98. The summed E-state index contributed by atoms with van der Waals surface area (Å²) in [5, 5.41) is 7.85. The van der Waals surface area contributed by atoms with E-state index in [0.29, 0.717) is 6.61 Å². The zero-order valence-electron chi connectivity index (χ0n) is 10.7. The van der Waals surface area contributed by atoms with Gasteiger partial charge in [-0.1, -0.05) is 0 Å². The molecule has 1 saturated carbocycles. The average Bonchev–Trinajstić information content (AvgIpc) is 2.99. The number of hydrogen-bond acceptors (Lipinski definition) is 5. The Morgan fingerprint density at radius 3 is 2.72 bits per heavy atom. The fraction of sp³-hybridized carbons (Fsp3) is 0.833. The number of ether oxygens (including phenoxy) is 3. The largest absolute Gasteiger partial charge is 0.370 e. The molecular weight excluding hydrogens is 234 g/mol. The van der Waals surface area contributed by atoms with Crippen molar-refractivity contribution < 1.29 is 14.2 Å². The maximum absolute atomic E-state index is 5.88. The van der Waals surface area contributed by atoms with Gasteiger partial charge in [0.25, 0.3) is 0 Å². The van der Waals surface area contributed by atoms with Gasteiger partial charge in [0.1, 0.15) is 12.9 Å². The first-order valence-corrected chi connectivity index (χ1v) is 6.50. The van der Waals surface area contributed by atoms with Crippen LogP contribution in [0.4, 0.5) is 0 Å². The lowest BCUT2D eigenvalue weighted by Crippen LogP contribution is -2.37. The van der Waals surface area contributed by atoms with E-state index in [-0.39, 0.29) is 11.9 Å². The van der Waals surface area contributed by atoms with Crippen molar-refractivity contribution in [3.05, 3.63) is 12.2 Å². The maximum Gasteiger partial charge on any atom is 0.168 e. The molecule has 6 heteroatoms. The van der Waals surface area contributed by atoms with Crippen LogP contribution < -0.4 is 0 Å². The molecule has 0 radical (unpaired) electrons. The van der Waals surface area contributed by atoms with Crippen LogP contribution in [0.2, 0.25) is 0 Å². The summed E-state index contributed by atoms with van der Waals surface area (Å²) in [6, 6.07) is 0. The molecule has 0 atom stereocenters. The van der Waals surface area contributed by atoms with Gasteiger partial charge in [0.05, 0.1) is 19.3 Å². The summed E-state index contributed by atoms with van der Waals surface area (Å²) in [6.07, 6.45) is 5.79. The van der Waals surface area contributed by atoms with Gasteiger partial charge in [0.15, 0.2) is 11.6 Å². The molecule has 3 rings (SSSR count). The molecule has 0 unspecified atom stereocenters. The fourth-order valence-electron chi connectivity index (χ4n) is 2.61. The quantitative estimate of drug-likeness (QED) is 0.805.